The van der Waals surface area contributed by atoms with Crippen LogP contribution in [0.4, 0.5) is 10.5 Å². The summed E-state index contributed by atoms with van der Waals surface area (Å²) in [6.07, 6.45) is 5.71. The quantitative estimate of drug-likeness (QED) is 0.520. The van der Waals surface area contributed by atoms with Gasteiger partial charge in [0.1, 0.15) is 6.54 Å². The Hall–Kier alpha value is -3.29. The molecule has 1 aliphatic carbocycles. The third-order valence-corrected chi connectivity index (χ3v) is 5.73. The van der Waals surface area contributed by atoms with Crippen LogP contribution in [-0.4, -0.2) is 58.0 Å². The summed E-state index contributed by atoms with van der Waals surface area (Å²) in [7, 11) is 1.97. The lowest BCUT2D eigenvalue weighted by atomic mass is 10.2. The van der Waals surface area contributed by atoms with Crippen molar-refractivity contribution in [2.24, 2.45) is 7.05 Å². The summed E-state index contributed by atoms with van der Waals surface area (Å²) in [4.78, 5) is 41.5. The van der Waals surface area contributed by atoms with Crippen LogP contribution < -0.4 is 5.32 Å². The number of esters is 1. The summed E-state index contributed by atoms with van der Waals surface area (Å²) in [5.41, 5.74) is 2.06. The first kappa shape index (κ1) is 24.4. The van der Waals surface area contributed by atoms with Crippen LogP contribution in [-0.2, 0) is 23.1 Å². The van der Waals surface area contributed by atoms with Crippen molar-refractivity contribution in [2.45, 2.75) is 52.1 Å². The lowest BCUT2D eigenvalue weighted by Crippen LogP contribution is -2.45. The monoisotopic (exact) mass is 454 g/mol. The average Bonchev–Trinajstić information content (AvgIpc) is 3.56. The lowest BCUT2D eigenvalue weighted by molar-refractivity contribution is -0.133. The predicted molar refractivity (Wildman–Crippen MR) is 127 cm³/mol. The molecular weight excluding hydrogens is 420 g/mol. The highest BCUT2D eigenvalue weighted by Gasteiger charge is 2.34. The highest BCUT2D eigenvalue weighted by atomic mass is 16.5. The second-order valence-corrected chi connectivity index (χ2v) is 8.37. The van der Waals surface area contributed by atoms with Crippen LogP contribution in [0.15, 0.2) is 42.6 Å². The third-order valence-electron chi connectivity index (χ3n) is 5.73. The number of aromatic nitrogens is 1. The number of unbranched alkanes of at least 4 members (excludes halogenated alkanes) is 1. The van der Waals surface area contributed by atoms with Crippen molar-refractivity contribution < 1.29 is 19.1 Å². The Morgan fingerprint density at radius 2 is 1.85 bits per heavy atom. The van der Waals surface area contributed by atoms with Gasteiger partial charge in [0.05, 0.1) is 18.7 Å². The number of carbonyl (C=O) groups excluding carboxylic acids is 3. The molecule has 1 fully saturated rings. The molecule has 178 valence electrons. The normalized spacial score (nSPS) is 12.8. The van der Waals surface area contributed by atoms with Crippen molar-refractivity contribution in [2.75, 3.05) is 25.0 Å². The van der Waals surface area contributed by atoms with Crippen LogP contribution in [0.2, 0.25) is 0 Å². The van der Waals surface area contributed by atoms with Crippen molar-refractivity contribution >= 4 is 23.6 Å². The van der Waals surface area contributed by atoms with E-state index in [9.17, 15) is 14.4 Å². The zero-order valence-corrected chi connectivity index (χ0v) is 19.8. The molecule has 0 aliphatic heterocycles. The molecule has 0 bridgehead atoms. The molecule has 0 atom stereocenters. The van der Waals surface area contributed by atoms with Gasteiger partial charge in [0, 0.05) is 37.2 Å². The van der Waals surface area contributed by atoms with Crippen LogP contribution in [0.3, 0.4) is 0 Å². The highest BCUT2D eigenvalue weighted by Crippen LogP contribution is 2.28. The summed E-state index contributed by atoms with van der Waals surface area (Å²) in [5, 5.41) is 2.85. The van der Waals surface area contributed by atoms with Crippen molar-refractivity contribution in [3.8, 4) is 0 Å². The number of hydrogen-bond donors (Lipinski definition) is 1. The molecule has 1 N–H and O–H groups in total. The molecule has 33 heavy (non-hydrogen) atoms. The summed E-state index contributed by atoms with van der Waals surface area (Å²) >= 11 is 0. The maximum Gasteiger partial charge on any atom is 0.338 e. The van der Waals surface area contributed by atoms with Crippen LogP contribution in [0.1, 0.15) is 55.6 Å². The van der Waals surface area contributed by atoms with Crippen LogP contribution in [0.25, 0.3) is 0 Å². The fraction of sp³-hybridized carbons (Fsp3) is 0.480. The van der Waals surface area contributed by atoms with Gasteiger partial charge < -0.3 is 24.4 Å². The fourth-order valence-electron chi connectivity index (χ4n) is 3.60. The number of amides is 3. The van der Waals surface area contributed by atoms with E-state index in [1.807, 2.05) is 34.8 Å². The molecule has 0 radical (unpaired) electrons. The zero-order chi connectivity index (χ0) is 23.8. The van der Waals surface area contributed by atoms with Gasteiger partial charge in [-0.25, -0.2) is 9.59 Å². The van der Waals surface area contributed by atoms with E-state index in [4.69, 9.17) is 4.74 Å². The Balaban J connectivity index is 1.65. The molecule has 3 amide bonds. The number of benzene rings is 1. The molecule has 8 nitrogen and oxygen atoms in total. The minimum Gasteiger partial charge on any atom is -0.462 e. The molecule has 0 unspecified atom stereocenters. The van der Waals surface area contributed by atoms with Crippen molar-refractivity contribution in [1.29, 1.82) is 0 Å². The molecule has 3 rings (SSSR count). The Bertz CT molecular complexity index is 950. The number of anilines is 1. The van der Waals surface area contributed by atoms with Gasteiger partial charge >= 0.3 is 12.0 Å². The third kappa shape index (κ3) is 6.84. The summed E-state index contributed by atoms with van der Waals surface area (Å²) < 4.78 is 7.01. The Kier molecular flexibility index (Phi) is 8.52. The Morgan fingerprint density at radius 3 is 2.42 bits per heavy atom. The van der Waals surface area contributed by atoms with Gasteiger partial charge in [0.15, 0.2) is 0 Å². The average molecular weight is 455 g/mol. The summed E-state index contributed by atoms with van der Waals surface area (Å²) in [5.74, 6) is -0.438. The summed E-state index contributed by atoms with van der Waals surface area (Å²) in [6, 6.07) is 10.5. The van der Waals surface area contributed by atoms with Crippen LogP contribution in [0.5, 0.6) is 0 Å². The number of urea groups is 1. The van der Waals surface area contributed by atoms with E-state index in [1.165, 1.54) is 0 Å². The van der Waals surface area contributed by atoms with E-state index in [-0.39, 0.29) is 24.5 Å². The molecule has 1 saturated carbocycles. The number of carbonyl (C=O) groups is 3. The first-order valence-corrected chi connectivity index (χ1v) is 11.7. The van der Waals surface area contributed by atoms with Gasteiger partial charge in [-0.2, -0.15) is 0 Å². The molecular formula is C25H34N4O4. The van der Waals surface area contributed by atoms with Gasteiger partial charge in [0.25, 0.3) is 0 Å². The molecule has 0 saturated heterocycles. The van der Waals surface area contributed by atoms with Crippen molar-refractivity contribution in [3.05, 3.63) is 53.9 Å². The minimum atomic E-state index is -0.399. The summed E-state index contributed by atoms with van der Waals surface area (Å²) in [6.45, 7) is 5.19. The largest absolute Gasteiger partial charge is 0.462 e. The van der Waals surface area contributed by atoms with E-state index < -0.39 is 5.97 Å². The first-order valence-electron chi connectivity index (χ1n) is 11.7. The molecule has 8 heteroatoms. The zero-order valence-electron chi connectivity index (χ0n) is 19.8. The van der Waals surface area contributed by atoms with E-state index in [0.29, 0.717) is 30.9 Å². The highest BCUT2D eigenvalue weighted by molar-refractivity contribution is 5.94. The van der Waals surface area contributed by atoms with E-state index >= 15 is 0 Å². The van der Waals surface area contributed by atoms with Crippen LogP contribution in [0, 0.1) is 0 Å². The number of hydrogen-bond acceptors (Lipinski definition) is 4. The van der Waals surface area contributed by atoms with Gasteiger partial charge in [-0.3, -0.25) is 4.79 Å². The van der Waals surface area contributed by atoms with E-state index in [2.05, 4.69) is 12.2 Å². The van der Waals surface area contributed by atoms with E-state index in [1.54, 1.807) is 36.1 Å². The smallest absolute Gasteiger partial charge is 0.338 e. The minimum absolute atomic E-state index is 0.0354. The van der Waals surface area contributed by atoms with Crippen molar-refractivity contribution in [3.63, 3.8) is 0 Å². The molecule has 2 aromatic rings. The van der Waals surface area contributed by atoms with Gasteiger partial charge in [-0.1, -0.05) is 13.3 Å². The van der Waals surface area contributed by atoms with Gasteiger partial charge in [0.2, 0.25) is 5.91 Å². The second kappa shape index (κ2) is 11.5. The molecule has 0 spiro atoms. The second-order valence-electron chi connectivity index (χ2n) is 8.37. The number of ether oxygens (including phenoxy) is 1. The lowest BCUT2D eigenvalue weighted by Gasteiger charge is -2.28. The van der Waals surface area contributed by atoms with E-state index in [0.717, 1.165) is 31.4 Å². The topological polar surface area (TPSA) is 83.9 Å². The standard InChI is InChI=1S/C25H34N4O4/c1-4-6-16-28(25(32)26-20-11-9-19(10-12-20)24(31)33-5-2)18-23(30)29(21-13-14-21)17-22-8-7-15-27(22)3/h7-12,15,21H,4-6,13-14,16-18H2,1-3H3,(H,26,32). The number of nitrogens with zero attached hydrogens (tertiary/aromatic N) is 3. The van der Waals surface area contributed by atoms with Gasteiger partial charge in [-0.05, 0) is 62.6 Å². The maximum absolute atomic E-state index is 13.2. The van der Waals surface area contributed by atoms with Crippen LogP contribution >= 0.6 is 0 Å². The first-order chi connectivity index (χ1) is 15.9. The number of rotatable bonds is 11. The molecule has 1 aromatic carbocycles. The molecule has 1 aromatic heterocycles. The predicted octanol–water partition coefficient (Wildman–Crippen LogP) is 4.03. The maximum atomic E-state index is 13.2. The molecule has 1 heterocycles. The number of nitrogens with one attached hydrogen (secondary N) is 1. The van der Waals surface area contributed by atoms with Crippen molar-refractivity contribution in [1.82, 2.24) is 14.4 Å². The SMILES string of the molecule is CCCCN(CC(=O)N(Cc1cccn1C)C1CC1)C(=O)Nc1ccc(C(=O)OCC)cc1. The van der Waals surface area contributed by atoms with Gasteiger partial charge in [-0.15, -0.1) is 0 Å². The Labute approximate surface area is 195 Å². The Morgan fingerprint density at radius 1 is 1.12 bits per heavy atom. The molecule has 1 aliphatic rings. The fourth-order valence-corrected chi connectivity index (χ4v) is 3.60. The number of aryl methyl sites for hydroxylation is 1.